The van der Waals surface area contributed by atoms with E-state index in [9.17, 15) is 13.2 Å². The molecule has 2 rings (SSSR count). The van der Waals surface area contributed by atoms with Crippen LogP contribution in [0.3, 0.4) is 0 Å². The van der Waals surface area contributed by atoms with E-state index in [1.807, 2.05) is 29.2 Å². The molecule has 1 aliphatic heterocycles. The molecule has 1 aromatic carbocycles. The Balaban J connectivity index is 1.76. The summed E-state index contributed by atoms with van der Waals surface area (Å²) in [6.07, 6.45) is -3.22. The molecule has 1 unspecified atom stereocenters. The topological polar surface area (TPSA) is 12.5 Å². The van der Waals surface area contributed by atoms with Crippen LogP contribution in [0.4, 0.5) is 13.2 Å². The van der Waals surface area contributed by atoms with Crippen molar-refractivity contribution in [3.8, 4) is 5.75 Å². The number of likely N-dealkylation sites (tertiary alicyclic amines) is 1. The van der Waals surface area contributed by atoms with Crippen LogP contribution in [0.2, 0.25) is 0 Å². The Kier molecular flexibility index (Phi) is 5.54. The molecular weight excluding hydrogens is 382 g/mol. The number of nitrogens with zero attached hydrogens (tertiary/aromatic N) is 1. The van der Waals surface area contributed by atoms with Crippen molar-refractivity contribution in [1.82, 2.24) is 4.90 Å². The summed E-state index contributed by atoms with van der Waals surface area (Å²) < 4.78 is 44.7. The van der Waals surface area contributed by atoms with Crippen LogP contribution < -0.4 is 4.74 Å². The minimum Gasteiger partial charge on any atom is -0.492 e. The molecule has 1 aromatic rings. The van der Waals surface area contributed by atoms with Crippen LogP contribution in [0.5, 0.6) is 5.75 Å². The average Bonchev–Trinajstić information content (AvgIpc) is 2.38. The van der Waals surface area contributed by atoms with Crippen molar-refractivity contribution in [1.29, 1.82) is 0 Å². The molecule has 20 heavy (non-hydrogen) atoms. The molecule has 2 nitrogen and oxygen atoms in total. The lowest BCUT2D eigenvalue weighted by molar-refractivity contribution is -0.186. The van der Waals surface area contributed by atoms with Crippen molar-refractivity contribution in [2.45, 2.75) is 19.0 Å². The number of alkyl halides is 3. The Labute approximate surface area is 130 Å². The maximum atomic E-state index is 12.7. The van der Waals surface area contributed by atoms with Gasteiger partial charge in [0.2, 0.25) is 0 Å². The highest BCUT2D eigenvalue weighted by molar-refractivity contribution is 14.1. The number of hydrogen-bond acceptors (Lipinski definition) is 2. The molecule has 0 spiro atoms. The second kappa shape index (κ2) is 6.98. The van der Waals surface area contributed by atoms with E-state index >= 15 is 0 Å². The Morgan fingerprint density at radius 2 is 2.15 bits per heavy atom. The summed E-state index contributed by atoms with van der Waals surface area (Å²) in [6, 6.07) is 7.63. The van der Waals surface area contributed by atoms with Gasteiger partial charge in [-0.05, 0) is 60.2 Å². The molecule has 0 amide bonds. The molecule has 6 heteroatoms. The lowest BCUT2D eigenvalue weighted by Gasteiger charge is -2.33. The van der Waals surface area contributed by atoms with Crippen LogP contribution in [0, 0.1) is 9.49 Å². The van der Waals surface area contributed by atoms with Crippen LogP contribution in [-0.2, 0) is 0 Å². The Hall–Kier alpha value is -0.500. The smallest absolute Gasteiger partial charge is 0.393 e. The molecule has 1 saturated heterocycles. The van der Waals surface area contributed by atoms with Gasteiger partial charge < -0.3 is 4.74 Å². The van der Waals surface area contributed by atoms with E-state index in [1.54, 1.807) is 0 Å². The highest BCUT2D eigenvalue weighted by Gasteiger charge is 2.41. The minimum absolute atomic E-state index is 0.0964. The Morgan fingerprint density at radius 3 is 2.85 bits per heavy atom. The summed E-state index contributed by atoms with van der Waals surface area (Å²) in [5.41, 5.74) is 0. The molecule has 0 N–H and O–H groups in total. The standard InChI is InChI=1S/C14H17F3INO/c15-14(16,17)11-3-2-6-19(10-11)7-8-20-13-5-1-4-12(18)9-13/h1,4-5,9,11H,2-3,6-8,10H2. The predicted octanol–water partition coefficient (Wildman–Crippen LogP) is 3.94. The Morgan fingerprint density at radius 1 is 1.35 bits per heavy atom. The largest absolute Gasteiger partial charge is 0.492 e. The molecule has 1 heterocycles. The molecule has 1 aliphatic rings. The number of ether oxygens (including phenoxy) is 1. The van der Waals surface area contributed by atoms with Crippen LogP contribution in [0.15, 0.2) is 24.3 Å². The zero-order chi connectivity index (χ0) is 14.6. The van der Waals surface area contributed by atoms with Crippen molar-refractivity contribution in [3.05, 3.63) is 27.8 Å². The van der Waals surface area contributed by atoms with Crippen molar-refractivity contribution >= 4 is 22.6 Å². The zero-order valence-electron chi connectivity index (χ0n) is 11.0. The number of benzene rings is 1. The van der Waals surface area contributed by atoms with E-state index in [2.05, 4.69) is 22.6 Å². The molecule has 1 fully saturated rings. The van der Waals surface area contributed by atoms with E-state index in [0.717, 1.165) is 15.9 Å². The van der Waals surface area contributed by atoms with E-state index in [1.165, 1.54) is 0 Å². The van der Waals surface area contributed by atoms with Gasteiger partial charge >= 0.3 is 6.18 Å². The van der Waals surface area contributed by atoms with E-state index < -0.39 is 12.1 Å². The molecule has 0 radical (unpaired) electrons. The molecule has 0 aliphatic carbocycles. The van der Waals surface area contributed by atoms with Crippen LogP contribution in [0.25, 0.3) is 0 Å². The van der Waals surface area contributed by atoms with Crippen LogP contribution in [0.1, 0.15) is 12.8 Å². The van der Waals surface area contributed by atoms with Crippen molar-refractivity contribution in [3.63, 3.8) is 0 Å². The second-order valence-corrected chi connectivity index (χ2v) is 6.23. The van der Waals surface area contributed by atoms with Crippen LogP contribution in [-0.4, -0.2) is 37.3 Å². The van der Waals surface area contributed by atoms with Gasteiger partial charge in [0.1, 0.15) is 12.4 Å². The van der Waals surface area contributed by atoms with Gasteiger partial charge in [-0.2, -0.15) is 13.2 Å². The highest BCUT2D eigenvalue weighted by Crippen LogP contribution is 2.32. The third-order valence-corrected chi connectivity index (χ3v) is 4.11. The van der Waals surface area contributed by atoms with E-state index in [0.29, 0.717) is 19.6 Å². The first kappa shape index (κ1) is 15.9. The first-order chi connectivity index (χ1) is 9.45. The third kappa shape index (κ3) is 4.80. The number of halogens is 4. The first-order valence-corrected chi connectivity index (χ1v) is 7.70. The normalized spacial score (nSPS) is 20.9. The van der Waals surface area contributed by atoms with Crippen molar-refractivity contribution in [2.24, 2.45) is 5.92 Å². The maximum Gasteiger partial charge on any atom is 0.393 e. The molecule has 0 bridgehead atoms. The number of hydrogen-bond donors (Lipinski definition) is 0. The van der Waals surface area contributed by atoms with Gasteiger partial charge in [-0.3, -0.25) is 4.90 Å². The fourth-order valence-electron chi connectivity index (χ4n) is 2.38. The summed E-state index contributed by atoms with van der Waals surface area (Å²) in [6.45, 7) is 1.78. The quantitative estimate of drug-likeness (QED) is 0.712. The van der Waals surface area contributed by atoms with E-state index in [4.69, 9.17) is 4.74 Å². The van der Waals surface area contributed by atoms with Crippen LogP contribution >= 0.6 is 22.6 Å². The monoisotopic (exact) mass is 399 g/mol. The fourth-order valence-corrected chi connectivity index (χ4v) is 2.89. The van der Waals surface area contributed by atoms with Gasteiger partial charge in [0.25, 0.3) is 0 Å². The Bertz CT molecular complexity index is 439. The van der Waals surface area contributed by atoms with Crippen molar-refractivity contribution in [2.75, 3.05) is 26.2 Å². The lowest BCUT2D eigenvalue weighted by Crippen LogP contribution is -2.43. The number of rotatable bonds is 4. The third-order valence-electron chi connectivity index (χ3n) is 3.44. The van der Waals surface area contributed by atoms with Gasteiger partial charge in [-0.15, -0.1) is 0 Å². The first-order valence-electron chi connectivity index (χ1n) is 6.62. The molecular formula is C14H17F3INO. The second-order valence-electron chi connectivity index (χ2n) is 4.99. The summed E-state index contributed by atoms with van der Waals surface area (Å²) in [5, 5.41) is 0. The van der Waals surface area contributed by atoms with E-state index in [-0.39, 0.29) is 13.0 Å². The SMILES string of the molecule is FC(F)(F)C1CCCN(CCOc2cccc(I)c2)C1. The number of piperidine rings is 1. The van der Waals surface area contributed by atoms with Gasteiger partial charge in [-0.1, -0.05) is 6.07 Å². The fraction of sp³-hybridized carbons (Fsp3) is 0.571. The molecule has 112 valence electrons. The van der Waals surface area contributed by atoms with Crippen molar-refractivity contribution < 1.29 is 17.9 Å². The highest BCUT2D eigenvalue weighted by atomic mass is 127. The summed E-state index contributed by atoms with van der Waals surface area (Å²) in [7, 11) is 0. The summed E-state index contributed by atoms with van der Waals surface area (Å²) in [5.74, 6) is -0.421. The lowest BCUT2D eigenvalue weighted by atomic mass is 9.98. The molecule has 0 aromatic heterocycles. The summed E-state index contributed by atoms with van der Waals surface area (Å²) >= 11 is 2.20. The molecule has 1 atom stereocenters. The average molecular weight is 399 g/mol. The molecule has 0 saturated carbocycles. The van der Waals surface area contributed by atoms with Gasteiger partial charge in [-0.25, -0.2) is 0 Å². The van der Waals surface area contributed by atoms with Gasteiger partial charge in [0.15, 0.2) is 0 Å². The zero-order valence-corrected chi connectivity index (χ0v) is 13.2. The van der Waals surface area contributed by atoms with Gasteiger partial charge in [0.05, 0.1) is 5.92 Å². The summed E-state index contributed by atoms with van der Waals surface area (Å²) in [4.78, 5) is 1.84. The van der Waals surface area contributed by atoms with Gasteiger partial charge in [0, 0.05) is 16.7 Å². The minimum atomic E-state index is -4.07. The predicted molar refractivity (Wildman–Crippen MR) is 79.9 cm³/mol. The maximum absolute atomic E-state index is 12.7.